The lowest BCUT2D eigenvalue weighted by atomic mass is 9.80. The van der Waals surface area contributed by atoms with Gasteiger partial charge in [0.2, 0.25) is 0 Å². The predicted molar refractivity (Wildman–Crippen MR) is 74.6 cm³/mol. The Morgan fingerprint density at radius 3 is 2.05 bits per heavy atom. The van der Waals surface area contributed by atoms with Crippen LogP contribution in [0.1, 0.15) is 36.8 Å². The largest absolute Gasteiger partial charge is 0.296 e. The molecule has 0 saturated heterocycles. The summed E-state index contributed by atoms with van der Waals surface area (Å²) < 4.78 is 0. The summed E-state index contributed by atoms with van der Waals surface area (Å²) in [4.78, 5) is 0. The van der Waals surface area contributed by atoms with Crippen molar-refractivity contribution in [3.05, 3.63) is 35.4 Å². The van der Waals surface area contributed by atoms with Crippen molar-refractivity contribution < 1.29 is 0 Å². The topological polar surface area (TPSA) is 35.8 Å². The Hall–Kier alpha value is -1.33. The van der Waals surface area contributed by atoms with Crippen LogP contribution < -0.4 is 5.32 Å². The molecule has 0 radical (unpaired) electrons. The number of hydrogen-bond acceptors (Lipinski definition) is 2. The molecule has 2 heteroatoms. The maximum absolute atomic E-state index is 9.89. The SMILES string of the molecule is N#CC1(NC2CC2)C2CCC1Cc1ccccc1C2. The van der Waals surface area contributed by atoms with Crippen LogP contribution in [0.4, 0.5) is 0 Å². The predicted octanol–water partition coefficient (Wildman–Crippen LogP) is 2.83. The van der Waals surface area contributed by atoms with E-state index in [2.05, 4.69) is 35.7 Å². The first kappa shape index (κ1) is 11.5. The Morgan fingerprint density at radius 1 is 1.00 bits per heavy atom. The van der Waals surface area contributed by atoms with Crippen LogP contribution in [-0.2, 0) is 12.8 Å². The van der Waals surface area contributed by atoms with Gasteiger partial charge in [-0.25, -0.2) is 0 Å². The molecule has 2 fully saturated rings. The third-order valence-corrected chi connectivity index (χ3v) is 5.41. The maximum atomic E-state index is 9.89. The number of hydrogen-bond donors (Lipinski definition) is 1. The van der Waals surface area contributed by atoms with Crippen molar-refractivity contribution in [1.29, 1.82) is 5.26 Å². The third kappa shape index (κ3) is 1.72. The molecule has 0 aromatic heterocycles. The minimum absolute atomic E-state index is 0.250. The molecule has 1 aromatic rings. The standard InChI is InChI=1S/C17H20N2/c18-11-17(19-16-7-8-16)14-5-6-15(17)10-13-4-2-1-3-12(13)9-14/h1-4,14-16,19H,5-10H2. The van der Waals surface area contributed by atoms with Gasteiger partial charge >= 0.3 is 0 Å². The molecular weight excluding hydrogens is 232 g/mol. The van der Waals surface area contributed by atoms with E-state index < -0.39 is 0 Å². The summed E-state index contributed by atoms with van der Waals surface area (Å²) >= 11 is 0. The lowest BCUT2D eigenvalue weighted by Gasteiger charge is -2.33. The molecule has 0 spiro atoms. The molecule has 4 rings (SSSR count). The molecular formula is C17H20N2. The zero-order chi connectivity index (χ0) is 12.9. The fourth-order valence-corrected chi connectivity index (χ4v) is 4.22. The highest BCUT2D eigenvalue weighted by molar-refractivity contribution is 5.35. The van der Waals surface area contributed by atoms with Gasteiger partial charge in [0.05, 0.1) is 6.07 Å². The van der Waals surface area contributed by atoms with E-state index >= 15 is 0 Å². The third-order valence-electron chi connectivity index (χ3n) is 5.41. The van der Waals surface area contributed by atoms with Crippen molar-refractivity contribution in [2.24, 2.45) is 11.8 Å². The van der Waals surface area contributed by atoms with Crippen LogP contribution in [0.15, 0.2) is 24.3 Å². The fraction of sp³-hybridized carbons (Fsp3) is 0.588. The Morgan fingerprint density at radius 2 is 1.58 bits per heavy atom. The van der Waals surface area contributed by atoms with E-state index in [1.54, 1.807) is 0 Å². The van der Waals surface area contributed by atoms with E-state index in [1.165, 1.54) is 36.8 Å². The first-order valence-electron chi connectivity index (χ1n) is 7.57. The molecule has 19 heavy (non-hydrogen) atoms. The molecule has 1 aromatic carbocycles. The van der Waals surface area contributed by atoms with E-state index in [-0.39, 0.29) is 5.54 Å². The molecule has 1 N–H and O–H groups in total. The number of benzene rings is 1. The van der Waals surface area contributed by atoms with Gasteiger partial charge in [-0.15, -0.1) is 0 Å². The van der Waals surface area contributed by atoms with Crippen LogP contribution in [0.5, 0.6) is 0 Å². The lowest BCUT2D eigenvalue weighted by molar-refractivity contribution is 0.254. The van der Waals surface area contributed by atoms with Crippen molar-refractivity contribution >= 4 is 0 Å². The van der Waals surface area contributed by atoms with Gasteiger partial charge in [0.1, 0.15) is 5.54 Å². The fourth-order valence-electron chi connectivity index (χ4n) is 4.22. The van der Waals surface area contributed by atoms with Crippen LogP contribution in [0.3, 0.4) is 0 Å². The summed E-state index contributed by atoms with van der Waals surface area (Å²) in [5.74, 6) is 1.01. The highest BCUT2D eigenvalue weighted by Crippen LogP contribution is 2.48. The first-order chi connectivity index (χ1) is 9.32. The Kier molecular flexibility index (Phi) is 2.47. The van der Waals surface area contributed by atoms with Crippen molar-refractivity contribution in [3.63, 3.8) is 0 Å². The number of fused-ring (bicyclic) bond motifs is 3. The van der Waals surface area contributed by atoms with Crippen LogP contribution in [0.25, 0.3) is 0 Å². The van der Waals surface area contributed by atoms with Crippen molar-refractivity contribution in [3.8, 4) is 6.07 Å². The maximum Gasteiger partial charge on any atom is 0.113 e. The van der Waals surface area contributed by atoms with E-state index in [9.17, 15) is 5.26 Å². The summed E-state index contributed by atoms with van der Waals surface area (Å²) in [7, 11) is 0. The highest BCUT2D eigenvalue weighted by atomic mass is 15.1. The van der Waals surface area contributed by atoms with E-state index in [0.29, 0.717) is 17.9 Å². The zero-order valence-corrected chi connectivity index (χ0v) is 11.2. The normalized spacial score (nSPS) is 36.4. The molecule has 0 amide bonds. The van der Waals surface area contributed by atoms with Gasteiger partial charge in [-0.3, -0.25) is 5.32 Å². The molecule has 2 saturated carbocycles. The average Bonchev–Trinajstić information content (AvgIpc) is 3.17. The minimum Gasteiger partial charge on any atom is -0.296 e. The molecule has 2 unspecified atom stereocenters. The molecule has 2 bridgehead atoms. The summed E-state index contributed by atoms with van der Waals surface area (Å²) in [6, 6.07) is 12.1. The summed E-state index contributed by atoms with van der Waals surface area (Å²) in [5.41, 5.74) is 2.71. The highest BCUT2D eigenvalue weighted by Gasteiger charge is 2.53. The monoisotopic (exact) mass is 252 g/mol. The van der Waals surface area contributed by atoms with Gasteiger partial charge in [0.15, 0.2) is 0 Å². The average molecular weight is 252 g/mol. The van der Waals surface area contributed by atoms with Gasteiger partial charge < -0.3 is 0 Å². The second-order valence-electron chi connectivity index (χ2n) is 6.55. The number of rotatable bonds is 2. The minimum atomic E-state index is -0.250. The number of nitriles is 1. The summed E-state index contributed by atoms with van der Waals surface area (Å²) in [5, 5.41) is 13.6. The number of nitrogens with one attached hydrogen (secondary N) is 1. The molecule has 2 atom stereocenters. The van der Waals surface area contributed by atoms with E-state index in [0.717, 1.165) is 12.8 Å². The Bertz CT molecular complexity index is 505. The van der Waals surface area contributed by atoms with Crippen molar-refractivity contribution in [1.82, 2.24) is 5.32 Å². The number of nitrogens with zero attached hydrogens (tertiary/aromatic N) is 1. The first-order valence-corrected chi connectivity index (χ1v) is 7.57. The molecule has 3 aliphatic rings. The smallest absolute Gasteiger partial charge is 0.113 e. The molecule has 0 heterocycles. The Labute approximate surface area is 114 Å². The summed E-state index contributed by atoms with van der Waals surface area (Å²) in [6.45, 7) is 0. The second kappa shape index (κ2) is 4.08. The van der Waals surface area contributed by atoms with E-state index in [1.807, 2.05) is 0 Å². The molecule has 2 nitrogen and oxygen atoms in total. The van der Waals surface area contributed by atoms with Gasteiger partial charge in [0, 0.05) is 6.04 Å². The van der Waals surface area contributed by atoms with E-state index in [4.69, 9.17) is 0 Å². The lowest BCUT2D eigenvalue weighted by Crippen LogP contribution is -2.53. The van der Waals surface area contributed by atoms with Crippen molar-refractivity contribution in [2.45, 2.75) is 50.1 Å². The second-order valence-corrected chi connectivity index (χ2v) is 6.55. The van der Waals surface area contributed by atoms with Crippen LogP contribution in [0.2, 0.25) is 0 Å². The van der Waals surface area contributed by atoms with Crippen LogP contribution in [0, 0.1) is 23.2 Å². The Balaban J connectivity index is 1.74. The zero-order valence-electron chi connectivity index (χ0n) is 11.2. The summed E-state index contributed by atoms with van der Waals surface area (Å²) in [6.07, 6.45) is 7.12. The molecule has 3 aliphatic carbocycles. The van der Waals surface area contributed by atoms with Crippen LogP contribution in [-0.4, -0.2) is 11.6 Å². The van der Waals surface area contributed by atoms with Crippen LogP contribution >= 0.6 is 0 Å². The molecule has 98 valence electrons. The van der Waals surface area contributed by atoms with Crippen molar-refractivity contribution in [2.75, 3.05) is 0 Å². The van der Waals surface area contributed by atoms with Gasteiger partial charge in [-0.2, -0.15) is 5.26 Å². The van der Waals surface area contributed by atoms with Gasteiger partial charge in [-0.1, -0.05) is 24.3 Å². The quantitative estimate of drug-likeness (QED) is 0.878. The van der Waals surface area contributed by atoms with Gasteiger partial charge in [0.25, 0.3) is 0 Å². The van der Waals surface area contributed by atoms with Gasteiger partial charge in [-0.05, 0) is 61.5 Å². The molecule has 0 aliphatic heterocycles.